The van der Waals surface area contributed by atoms with E-state index in [1.54, 1.807) is 6.20 Å². The van der Waals surface area contributed by atoms with Gasteiger partial charge in [-0.1, -0.05) is 12.1 Å². The van der Waals surface area contributed by atoms with Crippen molar-refractivity contribution in [2.24, 2.45) is 0 Å². The molecule has 0 aliphatic rings. The van der Waals surface area contributed by atoms with Gasteiger partial charge in [0.05, 0.1) is 5.69 Å². The van der Waals surface area contributed by atoms with Crippen LogP contribution in [0.1, 0.15) is 25.0 Å². The molecular weight excluding hydrogens is 310 g/mol. The van der Waals surface area contributed by atoms with E-state index >= 15 is 0 Å². The molecule has 2 N–H and O–H groups in total. The quantitative estimate of drug-likeness (QED) is 0.707. The molecule has 128 valence electrons. The highest BCUT2D eigenvalue weighted by Gasteiger charge is 2.09. The average Bonchev–Trinajstić information content (AvgIpc) is 2.58. The molecule has 0 aliphatic heterocycles. The largest absolute Gasteiger partial charge is 0.352 e. The summed E-state index contributed by atoms with van der Waals surface area (Å²) in [5.74, 6) is 1.36. The van der Waals surface area contributed by atoms with Crippen LogP contribution in [0.25, 0.3) is 11.3 Å². The second-order valence-corrected chi connectivity index (χ2v) is 6.45. The third kappa shape index (κ3) is 4.32. The molecule has 0 saturated heterocycles. The van der Waals surface area contributed by atoms with E-state index in [0.29, 0.717) is 5.95 Å². The summed E-state index contributed by atoms with van der Waals surface area (Å²) in [4.78, 5) is 13.4. The first-order valence-corrected chi connectivity index (χ1v) is 8.41. The lowest BCUT2D eigenvalue weighted by atomic mass is 10.1. The molecule has 3 rings (SSSR count). The Morgan fingerprint density at radius 3 is 2.56 bits per heavy atom. The lowest BCUT2D eigenvalue weighted by molar-refractivity contribution is 0.876. The van der Waals surface area contributed by atoms with Gasteiger partial charge >= 0.3 is 0 Å². The van der Waals surface area contributed by atoms with Crippen molar-refractivity contribution >= 4 is 17.5 Å². The minimum absolute atomic E-state index is 0.248. The number of pyridine rings is 1. The molecule has 0 fully saturated rings. The highest BCUT2D eigenvalue weighted by Crippen LogP contribution is 2.25. The summed E-state index contributed by atoms with van der Waals surface area (Å²) in [5.41, 5.74) is 5.21. The summed E-state index contributed by atoms with van der Waals surface area (Å²) < 4.78 is 0. The Hall–Kier alpha value is -2.95. The molecule has 1 aromatic carbocycles. The molecule has 0 atom stereocenters. The van der Waals surface area contributed by atoms with Crippen LogP contribution < -0.4 is 10.6 Å². The highest BCUT2D eigenvalue weighted by atomic mass is 15.2. The van der Waals surface area contributed by atoms with Crippen LogP contribution in [0.4, 0.5) is 17.5 Å². The number of nitrogens with zero attached hydrogens (tertiary/aromatic N) is 3. The van der Waals surface area contributed by atoms with Gasteiger partial charge in [-0.2, -0.15) is 4.98 Å². The van der Waals surface area contributed by atoms with Crippen LogP contribution in [-0.2, 0) is 0 Å². The summed E-state index contributed by atoms with van der Waals surface area (Å²) in [6.07, 6.45) is 3.57. The standard InChI is InChI=1S/C20H23N5/c1-13(2)22-20-24-18(16-6-5-9-21-12-16)11-19(25-20)23-17-10-14(3)7-8-15(17)4/h5-13H,1-4H3,(H2,22,23,24,25). The fourth-order valence-corrected chi connectivity index (χ4v) is 2.50. The van der Waals surface area contributed by atoms with Crippen LogP contribution >= 0.6 is 0 Å². The fraction of sp³-hybridized carbons (Fsp3) is 0.250. The van der Waals surface area contributed by atoms with E-state index in [4.69, 9.17) is 0 Å². The number of aromatic nitrogens is 3. The summed E-state index contributed by atoms with van der Waals surface area (Å²) in [6.45, 7) is 8.30. The van der Waals surface area contributed by atoms with E-state index in [2.05, 4.69) is 71.5 Å². The van der Waals surface area contributed by atoms with Crippen LogP contribution in [0, 0.1) is 13.8 Å². The molecule has 0 aliphatic carbocycles. The first-order valence-electron chi connectivity index (χ1n) is 8.41. The van der Waals surface area contributed by atoms with Gasteiger partial charge in [0.15, 0.2) is 0 Å². The van der Waals surface area contributed by atoms with Gasteiger partial charge in [0.2, 0.25) is 5.95 Å². The minimum atomic E-state index is 0.248. The molecule has 0 saturated carbocycles. The van der Waals surface area contributed by atoms with Gasteiger partial charge in [-0.15, -0.1) is 0 Å². The maximum atomic E-state index is 4.62. The van der Waals surface area contributed by atoms with Gasteiger partial charge in [0, 0.05) is 35.8 Å². The number of hydrogen-bond acceptors (Lipinski definition) is 5. The molecule has 5 heteroatoms. The van der Waals surface area contributed by atoms with E-state index in [0.717, 1.165) is 22.8 Å². The zero-order valence-electron chi connectivity index (χ0n) is 15.0. The zero-order chi connectivity index (χ0) is 17.8. The van der Waals surface area contributed by atoms with Gasteiger partial charge in [0.1, 0.15) is 5.82 Å². The maximum absolute atomic E-state index is 4.62. The molecule has 0 amide bonds. The summed E-state index contributed by atoms with van der Waals surface area (Å²) >= 11 is 0. The summed E-state index contributed by atoms with van der Waals surface area (Å²) in [5, 5.41) is 6.71. The monoisotopic (exact) mass is 333 g/mol. The second kappa shape index (κ2) is 7.30. The fourth-order valence-electron chi connectivity index (χ4n) is 2.50. The number of benzene rings is 1. The first-order chi connectivity index (χ1) is 12.0. The summed E-state index contributed by atoms with van der Waals surface area (Å²) in [6, 6.07) is 12.4. The molecule has 25 heavy (non-hydrogen) atoms. The molecule has 0 spiro atoms. The maximum Gasteiger partial charge on any atom is 0.225 e. The minimum Gasteiger partial charge on any atom is -0.352 e. The topological polar surface area (TPSA) is 62.7 Å². The van der Waals surface area contributed by atoms with Crippen molar-refractivity contribution < 1.29 is 0 Å². The second-order valence-electron chi connectivity index (χ2n) is 6.45. The van der Waals surface area contributed by atoms with Crippen LogP contribution in [0.2, 0.25) is 0 Å². The van der Waals surface area contributed by atoms with Crippen LogP contribution in [0.3, 0.4) is 0 Å². The van der Waals surface area contributed by atoms with Crippen molar-refractivity contribution in [3.8, 4) is 11.3 Å². The lowest BCUT2D eigenvalue weighted by Gasteiger charge is -2.14. The van der Waals surface area contributed by atoms with E-state index in [1.165, 1.54) is 11.1 Å². The Morgan fingerprint density at radius 1 is 1.00 bits per heavy atom. The van der Waals surface area contributed by atoms with Crippen LogP contribution in [0.15, 0.2) is 48.8 Å². The predicted octanol–water partition coefficient (Wildman–Crippen LogP) is 4.72. The number of rotatable bonds is 5. The van der Waals surface area contributed by atoms with Crippen LogP contribution in [0.5, 0.6) is 0 Å². The Balaban J connectivity index is 2.01. The average molecular weight is 333 g/mol. The normalized spacial score (nSPS) is 10.8. The van der Waals surface area contributed by atoms with Gasteiger partial charge in [0.25, 0.3) is 0 Å². The number of nitrogens with one attached hydrogen (secondary N) is 2. The zero-order valence-corrected chi connectivity index (χ0v) is 15.0. The van der Waals surface area contributed by atoms with Crippen LogP contribution in [-0.4, -0.2) is 21.0 Å². The summed E-state index contributed by atoms with van der Waals surface area (Å²) in [7, 11) is 0. The predicted molar refractivity (Wildman–Crippen MR) is 103 cm³/mol. The van der Waals surface area contributed by atoms with Gasteiger partial charge in [-0.05, 0) is 57.0 Å². The molecule has 5 nitrogen and oxygen atoms in total. The molecule has 0 radical (unpaired) electrons. The Morgan fingerprint density at radius 2 is 1.84 bits per heavy atom. The van der Waals surface area contributed by atoms with Crippen molar-refractivity contribution in [1.82, 2.24) is 15.0 Å². The number of hydrogen-bond donors (Lipinski definition) is 2. The van der Waals surface area contributed by atoms with Crippen molar-refractivity contribution in [1.29, 1.82) is 0 Å². The molecule has 0 unspecified atom stereocenters. The van der Waals surface area contributed by atoms with E-state index in [9.17, 15) is 0 Å². The van der Waals surface area contributed by atoms with E-state index in [-0.39, 0.29) is 6.04 Å². The third-order valence-electron chi connectivity index (χ3n) is 3.76. The Bertz CT molecular complexity index is 859. The van der Waals surface area contributed by atoms with Gasteiger partial charge in [-0.3, -0.25) is 4.98 Å². The van der Waals surface area contributed by atoms with Crippen molar-refractivity contribution in [2.75, 3.05) is 10.6 Å². The van der Waals surface area contributed by atoms with Crippen molar-refractivity contribution in [3.05, 3.63) is 59.9 Å². The Labute approximate surface area is 148 Å². The van der Waals surface area contributed by atoms with Gasteiger partial charge in [-0.25, -0.2) is 4.98 Å². The highest BCUT2D eigenvalue weighted by molar-refractivity contribution is 5.68. The number of anilines is 3. The molecule has 2 heterocycles. The van der Waals surface area contributed by atoms with Gasteiger partial charge < -0.3 is 10.6 Å². The smallest absolute Gasteiger partial charge is 0.225 e. The van der Waals surface area contributed by atoms with E-state index in [1.807, 2.05) is 24.4 Å². The lowest BCUT2D eigenvalue weighted by Crippen LogP contribution is -2.13. The molecular formula is C20H23N5. The molecule has 3 aromatic rings. The van der Waals surface area contributed by atoms with Crippen molar-refractivity contribution in [2.45, 2.75) is 33.7 Å². The number of aryl methyl sites for hydroxylation is 2. The SMILES string of the molecule is Cc1ccc(C)c(Nc2cc(-c3cccnc3)nc(NC(C)C)n2)c1. The molecule has 0 bridgehead atoms. The molecule has 2 aromatic heterocycles. The first kappa shape index (κ1) is 16.9. The Kier molecular flexibility index (Phi) is 4.93. The third-order valence-corrected chi connectivity index (χ3v) is 3.76. The van der Waals surface area contributed by atoms with E-state index < -0.39 is 0 Å². The van der Waals surface area contributed by atoms with Crippen molar-refractivity contribution in [3.63, 3.8) is 0 Å².